The number of benzene rings is 2. The predicted molar refractivity (Wildman–Crippen MR) is 105 cm³/mol. The summed E-state index contributed by atoms with van der Waals surface area (Å²) in [5.74, 6) is 0.763. The van der Waals surface area contributed by atoms with Gasteiger partial charge in [0.15, 0.2) is 0 Å². The molecule has 1 atom stereocenters. The Morgan fingerprint density at radius 2 is 1.96 bits per heavy atom. The molecule has 0 aromatic heterocycles. The van der Waals surface area contributed by atoms with Crippen LogP contribution in [0.2, 0.25) is 0 Å². The number of anilines is 1. The molecule has 2 aromatic rings. The van der Waals surface area contributed by atoms with Crippen molar-refractivity contribution in [1.29, 1.82) is 0 Å². The fourth-order valence-corrected chi connectivity index (χ4v) is 4.48. The van der Waals surface area contributed by atoms with Gasteiger partial charge in [0.1, 0.15) is 5.82 Å². The number of thioether (sulfide) groups is 2. The Hall–Kier alpha value is -1.99. The third-order valence-electron chi connectivity index (χ3n) is 3.86. The van der Waals surface area contributed by atoms with Crippen LogP contribution in [0.15, 0.2) is 53.4 Å². The number of para-hydroxylation sites is 1. The number of hydrogen-bond donors (Lipinski definition) is 2. The largest absolute Gasteiger partial charge is 0.355 e. The summed E-state index contributed by atoms with van der Waals surface area (Å²) in [6.45, 7) is 0.494. The second-order valence-electron chi connectivity index (χ2n) is 5.79. The molecule has 26 heavy (non-hydrogen) atoms. The Balaban J connectivity index is 1.38. The molecule has 2 aromatic carbocycles. The van der Waals surface area contributed by atoms with Gasteiger partial charge in [0.05, 0.1) is 10.9 Å². The van der Waals surface area contributed by atoms with Gasteiger partial charge in [-0.15, -0.1) is 11.8 Å². The summed E-state index contributed by atoms with van der Waals surface area (Å²) in [5.41, 5.74) is 1.46. The zero-order valence-electron chi connectivity index (χ0n) is 14.0. The second-order valence-corrected chi connectivity index (χ2v) is 8.14. The summed E-state index contributed by atoms with van der Waals surface area (Å²) in [6.07, 6.45) is 0.142. The summed E-state index contributed by atoms with van der Waals surface area (Å²) in [4.78, 5) is 25.2. The fraction of sp³-hybridized carbons (Fsp3) is 0.263. The van der Waals surface area contributed by atoms with Gasteiger partial charge < -0.3 is 10.6 Å². The van der Waals surface area contributed by atoms with Gasteiger partial charge in [0, 0.05) is 29.4 Å². The number of carbonyl (C=O) groups excluding carboxylic acids is 2. The van der Waals surface area contributed by atoms with Crippen LogP contribution in [0.25, 0.3) is 0 Å². The first-order valence-corrected chi connectivity index (χ1v) is 10.3. The van der Waals surface area contributed by atoms with Crippen LogP contribution in [-0.2, 0) is 15.3 Å². The van der Waals surface area contributed by atoms with Crippen LogP contribution in [0.1, 0.15) is 12.0 Å². The zero-order valence-corrected chi connectivity index (χ0v) is 15.7. The maximum absolute atomic E-state index is 13.5. The molecule has 4 nitrogen and oxygen atoms in total. The third kappa shape index (κ3) is 5.02. The van der Waals surface area contributed by atoms with Crippen LogP contribution in [0, 0.1) is 5.82 Å². The summed E-state index contributed by atoms with van der Waals surface area (Å²) in [7, 11) is 0. The molecule has 0 radical (unpaired) electrons. The molecular formula is C19H19FN2O2S2. The van der Waals surface area contributed by atoms with Crippen LogP contribution in [0.4, 0.5) is 10.1 Å². The van der Waals surface area contributed by atoms with Crippen LogP contribution in [0.5, 0.6) is 0 Å². The number of amides is 2. The lowest BCUT2D eigenvalue weighted by atomic mass is 10.2. The molecule has 2 N–H and O–H groups in total. The standard InChI is InChI=1S/C19H19FN2O2S2/c20-14-6-2-1-5-13(14)12-25-10-9-21-18(23)11-17-19(24)22-15-7-3-4-8-16(15)26-17/h1-8,17H,9-12H2,(H,21,23)(H,22,24)/t17-/m1/s1. The smallest absolute Gasteiger partial charge is 0.238 e. The summed E-state index contributed by atoms with van der Waals surface area (Å²) < 4.78 is 13.5. The summed E-state index contributed by atoms with van der Waals surface area (Å²) >= 11 is 2.98. The van der Waals surface area contributed by atoms with E-state index in [0.717, 1.165) is 10.6 Å². The van der Waals surface area contributed by atoms with Crippen LogP contribution in [0.3, 0.4) is 0 Å². The highest BCUT2D eigenvalue weighted by atomic mass is 32.2. The minimum Gasteiger partial charge on any atom is -0.355 e. The van der Waals surface area contributed by atoms with Crippen molar-refractivity contribution in [2.45, 2.75) is 22.3 Å². The Bertz CT molecular complexity index is 801. The molecule has 0 fully saturated rings. The minimum atomic E-state index is -0.420. The first-order valence-electron chi connectivity index (χ1n) is 8.28. The topological polar surface area (TPSA) is 58.2 Å². The van der Waals surface area contributed by atoms with Crippen molar-refractivity contribution >= 4 is 41.0 Å². The van der Waals surface area contributed by atoms with Crippen molar-refractivity contribution < 1.29 is 14.0 Å². The van der Waals surface area contributed by atoms with Gasteiger partial charge in [-0.2, -0.15) is 11.8 Å². The summed E-state index contributed by atoms with van der Waals surface area (Å²) in [6, 6.07) is 14.2. The van der Waals surface area contributed by atoms with Crippen molar-refractivity contribution in [2.24, 2.45) is 0 Å². The van der Waals surface area contributed by atoms with E-state index in [-0.39, 0.29) is 24.1 Å². The second kappa shape index (κ2) is 9.09. The van der Waals surface area contributed by atoms with Crippen molar-refractivity contribution in [3.63, 3.8) is 0 Å². The molecule has 3 rings (SSSR count). The summed E-state index contributed by atoms with van der Waals surface area (Å²) in [5, 5.41) is 5.24. The highest BCUT2D eigenvalue weighted by Gasteiger charge is 2.28. The van der Waals surface area contributed by atoms with Crippen molar-refractivity contribution in [2.75, 3.05) is 17.6 Å². The lowest BCUT2D eigenvalue weighted by Gasteiger charge is -2.23. The first kappa shape index (κ1) is 18.8. The maximum Gasteiger partial charge on any atom is 0.238 e. The van der Waals surface area contributed by atoms with Gasteiger partial charge in [0.25, 0.3) is 0 Å². The van der Waals surface area contributed by atoms with E-state index in [1.165, 1.54) is 17.8 Å². The van der Waals surface area contributed by atoms with Gasteiger partial charge in [-0.1, -0.05) is 30.3 Å². The van der Waals surface area contributed by atoms with Gasteiger partial charge >= 0.3 is 0 Å². The van der Waals surface area contributed by atoms with E-state index in [1.807, 2.05) is 30.3 Å². The minimum absolute atomic E-state index is 0.141. The Morgan fingerprint density at radius 3 is 2.81 bits per heavy atom. The average molecular weight is 391 g/mol. The van der Waals surface area contributed by atoms with Crippen LogP contribution in [-0.4, -0.2) is 29.4 Å². The molecule has 1 heterocycles. The van der Waals surface area contributed by atoms with E-state index >= 15 is 0 Å². The molecule has 0 saturated carbocycles. The van der Waals surface area contributed by atoms with Gasteiger partial charge in [-0.25, -0.2) is 4.39 Å². The van der Waals surface area contributed by atoms with Gasteiger partial charge in [-0.3, -0.25) is 9.59 Å². The average Bonchev–Trinajstić information content (AvgIpc) is 2.63. The number of fused-ring (bicyclic) bond motifs is 1. The number of hydrogen-bond acceptors (Lipinski definition) is 4. The van der Waals surface area contributed by atoms with E-state index in [2.05, 4.69) is 10.6 Å². The third-order valence-corrected chi connectivity index (χ3v) is 6.14. The highest BCUT2D eigenvalue weighted by molar-refractivity contribution is 8.01. The van der Waals surface area contributed by atoms with Crippen molar-refractivity contribution in [1.82, 2.24) is 5.32 Å². The van der Waals surface area contributed by atoms with E-state index in [4.69, 9.17) is 0 Å². The first-order chi connectivity index (χ1) is 12.6. The number of carbonyl (C=O) groups is 2. The van der Waals surface area contributed by atoms with Crippen molar-refractivity contribution in [3.05, 3.63) is 59.9 Å². The molecular weight excluding hydrogens is 371 g/mol. The van der Waals surface area contributed by atoms with E-state index < -0.39 is 5.25 Å². The molecule has 1 aliphatic heterocycles. The number of rotatable bonds is 7. The fourth-order valence-electron chi connectivity index (χ4n) is 2.53. The molecule has 1 aliphatic rings. The normalized spacial score (nSPS) is 15.9. The SMILES string of the molecule is O=C(C[C@H]1Sc2ccccc2NC1=O)NCCSCc1ccccc1F. The lowest BCUT2D eigenvalue weighted by molar-refractivity contribution is -0.123. The Morgan fingerprint density at radius 1 is 1.19 bits per heavy atom. The van der Waals surface area contributed by atoms with Crippen LogP contribution < -0.4 is 10.6 Å². The van der Waals surface area contributed by atoms with Gasteiger partial charge in [0.2, 0.25) is 11.8 Å². The van der Waals surface area contributed by atoms with E-state index in [9.17, 15) is 14.0 Å². The number of halogens is 1. The Labute approximate surface area is 160 Å². The predicted octanol–water partition coefficient (Wildman–Crippen LogP) is 3.68. The number of nitrogens with one attached hydrogen (secondary N) is 2. The molecule has 0 spiro atoms. The molecule has 0 saturated heterocycles. The lowest BCUT2D eigenvalue weighted by Crippen LogP contribution is -2.35. The van der Waals surface area contributed by atoms with E-state index in [1.54, 1.807) is 23.9 Å². The molecule has 0 aliphatic carbocycles. The maximum atomic E-state index is 13.5. The zero-order chi connectivity index (χ0) is 18.4. The molecule has 7 heteroatoms. The molecule has 0 bridgehead atoms. The van der Waals surface area contributed by atoms with E-state index in [0.29, 0.717) is 23.6 Å². The quantitative estimate of drug-likeness (QED) is 0.708. The van der Waals surface area contributed by atoms with Crippen LogP contribution >= 0.6 is 23.5 Å². The molecule has 2 amide bonds. The van der Waals surface area contributed by atoms with Gasteiger partial charge in [-0.05, 0) is 23.8 Å². The highest BCUT2D eigenvalue weighted by Crippen LogP contribution is 2.36. The van der Waals surface area contributed by atoms with Crippen molar-refractivity contribution in [3.8, 4) is 0 Å². The molecule has 0 unspecified atom stereocenters. The Kier molecular flexibility index (Phi) is 6.57. The monoisotopic (exact) mass is 390 g/mol. The molecule has 136 valence electrons.